The standard InChI is InChI=1S/C7H13.C3H7.Zn/c1-7-5-3-2-4-6-7;1-3-2;/h5,7H,2-4,6H2,1H3;3H,1-2H3;/q2*-1;+2/t7-;;/m1../s1. The van der Waals surface area contributed by atoms with Crippen LogP contribution in [0.2, 0.25) is 0 Å². The Balaban J connectivity index is 0. The maximum Gasteiger partial charge on any atom is 2.00 e. The van der Waals surface area contributed by atoms with Crippen LogP contribution in [0, 0.1) is 18.8 Å². The molecule has 0 aliphatic heterocycles. The number of hydrogen-bond donors (Lipinski definition) is 0. The van der Waals surface area contributed by atoms with Gasteiger partial charge in [-0.3, -0.25) is 0 Å². The van der Waals surface area contributed by atoms with Crippen LogP contribution < -0.4 is 0 Å². The summed E-state index contributed by atoms with van der Waals surface area (Å²) in [6.45, 7) is 6.30. The van der Waals surface area contributed by atoms with E-state index in [2.05, 4.69) is 13.3 Å². The first-order chi connectivity index (χ1) is 4.81. The Labute approximate surface area is 84.9 Å². The fraction of sp³-hybridized carbons (Fsp3) is 0.800. The Bertz CT molecular complexity index is 55.9. The molecule has 0 heterocycles. The summed E-state index contributed by atoms with van der Waals surface area (Å²) in [7, 11) is 0. The van der Waals surface area contributed by atoms with Gasteiger partial charge in [0.1, 0.15) is 0 Å². The molecule has 0 nitrogen and oxygen atoms in total. The Morgan fingerprint density at radius 1 is 1.27 bits per heavy atom. The minimum atomic E-state index is 0. The Kier molecular flexibility index (Phi) is 13.7. The van der Waals surface area contributed by atoms with E-state index in [4.69, 9.17) is 0 Å². The third kappa shape index (κ3) is 10.6. The summed E-state index contributed by atoms with van der Waals surface area (Å²) < 4.78 is 0. The molecule has 1 heteroatoms. The van der Waals surface area contributed by atoms with E-state index in [-0.39, 0.29) is 19.5 Å². The Morgan fingerprint density at radius 2 is 1.82 bits per heavy atom. The molecule has 1 aliphatic rings. The summed E-state index contributed by atoms with van der Waals surface area (Å²) in [6, 6.07) is 0. The molecule has 62 valence electrons. The van der Waals surface area contributed by atoms with Crippen LogP contribution in [0.5, 0.6) is 0 Å². The van der Waals surface area contributed by atoms with Crippen molar-refractivity contribution in [3.63, 3.8) is 0 Å². The molecule has 0 saturated heterocycles. The first kappa shape index (κ1) is 14.2. The first-order valence-corrected chi connectivity index (χ1v) is 4.38. The molecule has 0 aromatic rings. The summed E-state index contributed by atoms with van der Waals surface area (Å²) in [4.78, 5) is 0. The monoisotopic (exact) mass is 204 g/mol. The molecule has 0 aromatic heterocycles. The van der Waals surface area contributed by atoms with Crippen molar-refractivity contribution in [3.05, 3.63) is 12.8 Å². The summed E-state index contributed by atoms with van der Waals surface area (Å²) in [5, 5.41) is 0. The fourth-order valence-electron chi connectivity index (χ4n) is 1.13. The smallest absolute Gasteiger partial charge is 0.335 e. The van der Waals surface area contributed by atoms with Gasteiger partial charge in [-0.2, -0.15) is 26.2 Å². The van der Waals surface area contributed by atoms with Gasteiger partial charge in [0.25, 0.3) is 0 Å². The fourth-order valence-corrected chi connectivity index (χ4v) is 1.13. The van der Waals surface area contributed by atoms with E-state index >= 15 is 0 Å². The van der Waals surface area contributed by atoms with Gasteiger partial charge in [-0.05, 0) is 0 Å². The number of rotatable bonds is 0. The molecule has 0 aromatic carbocycles. The van der Waals surface area contributed by atoms with Gasteiger partial charge in [-0.1, -0.05) is 26.2 Å². The van der Waals surface area contributed by atoms with Crippen molar-refractivity contribution >= 4 is 0 Å². The van der Waals surface area contributed by atoms with Crippen LogP contribution in [0.4, 0.5) is 0 Å². The normalized spacial score (nSPS) is 22.6. The van der Waals surface area contributed by atoms with Gasteiger partial charge in [0.05, 0.1) is 0 Å². The summed E-state index contributed by atoms with van der Waals surface area (Å²) in [6.07, 6.45) is 10.1. The molecule has 11 heavy (non-hydrogen) atoms. The summed E-state index contributed by atoms with van der Waals surface area (Å²) in [5.41, 5.74) is 0. The maximum absolute atomic E-state index is 2.43. The minimum absolute atomic E-state index is 0. The van der Waals surface area contributed by atoms with Gasteiger partial charge in [0.2, 0.25) is 0 Å². The van der Waals surface area contributed by atoms with Crippen LogP contribution in [0.3, 0.4) is 0 Å². The van der Waals surface area contributed by atoms with Crippen molar-refractivity contribution in [3.8, 4) is 0 Å². The van der Waals surface area contributed by atoms with E-state index in [9.17, 15) is 0 Å². The average molecular weight is 206 g/mol. The minimum Gasteiger partial charge on any atom is -0.335 e. The second kappa shape index (κ2) is 10.6. The summed E-state index contributed by atoms with van der Waals surface area (Å²) in [5.74, 6) is 0.911. The van der Waals surface area contributed by atoms with Gasteiger partial charge in [-0.25, -0.2) is 0 Å². The quantitative estimate of drug-likeness (QED) is 0.419. The van der Waals surface area contributed by atoms with Crippen molar-refractivity contribution in [1.29, 1.82) is 0 Å². The average Bonchev–Trinajstić information content (AvgIpc) is 1.91. The molecule has 1 atom stereocenters. The van der Waals surface area contributed by atoms with E-state index in [1.807, 2.05) is 20.3 Å². The third-order valence-corrected chi connectivity index (χ3v) is 1.68. The molecule has 0 unspecified atom stereocenters. The zero-order chi connectivity index (χ0) is 7.82. The van der Waals surface area contributed by atoms with Crippen LogP contribution in [0.25, 0.3) is 0 Å². The molecule has 0 spiro atoms. The third-order valence-electron chi connectivity index (χ3n) is 1.68. The first-order valence-electron chi connectivity index (χ1n) is 4.38. The van der Waals surface area contributed by atoms with E-state index in [1.54, 1.807) is 0 Å². The van der Waals surface area contributed by atoms with Crippen molar-refractivity contribution in [1.82, 2.24) is 0 Å². The van der Waals surface area contributed by atoms with Gasteiger partial charge >= 0.3 is 19.5 Å². The van der Waals surface area contributed by atoms with Crippen LogP contribution >= 0.6 is 0 Å². The van der Waals surface area contributed by atoms with Crippen LogP contribution in [-0.4, -0.2) is 0 Å². The van der Waals surface area contributed by atoms with Crippen molar-refractivity contribution < 1.29 is 19.5 Å². The molecule has 1 aliphatic carbocycles. The predicted octanol–water partition coefficient (Wildman–Crippen LogP) is 3.63. The zero-order valence-corrected chi connectivity index (χ0v) is 11.2. The van der Waals surface area contributed by atoms with Gasteiger partial charge in [0.15, 0.2) is 0 Å². The number of hydrogen-bond acceptors (Lipinski definition) is 0. The molecule has 1 rings (SSSR count). The molecular formula is C10H20Zn. The van der Waals surface area contributed by atoms with E-state index in [0.717, 1.165) is 5.92 Å². The van der Waals surface area contributed by atoms with E-state index < -0.39 is 0 Å². The van der Waals surface area contributed by atoms with Crippen LogP contribution in [0.1, 0.15) is 46.5 Å². The molecule has 0 bridgehead atoms. The van der Waals surface area contributed by atoms with Crippen molar-refractivity contribution in [2.75, 3.05) is 0 Å². The van der Waals surface area contributed by atoms with Crippen molar-refractivity contribution in [2.24, 2.45) is 5.92 Å². The van der Waals surface area contributed by atoms with Gasteiger partial charge in [-0.15, -0.1) is 0 Å². The second-order valence-corrected chi connectivity index (χ2v) is 3.07. The zero-order valence-electron chi connectivity index (χ0n) is 8.27. The largest absolute Gasteiger partial charge is 2.00 e. The van der Waals surface area contributed by atoms with Crippen LogP contribution in [0.15, 0.2) is 0 Å². The summed E-state index contributed by atoms with van der Waals surface area (Å²) >= 11 is 0. The molecular weight excluding hydrogens is 185 g/mol. The Morgan fingerprint density at radius 3 is 2.00 bits per heavy atom. The van der Waals surface area contributed by atoms with Crippen molar-refractivity contribution in [2.45, 2.75) is 46.5 Å². The molecule has 1 fully saturated rings. The maximum atomic E-state index is 2.43. The molecule has 1 saturated carbocycles. The topological polar surface area (TPSA) is 0 Å². The van der Waals surface area contributed by atoms with E-state index in [1.165, 1.54) is 25.7 Å². The van der Waals surface area contributed by atoms with Gasteiger partial charge in [0, 0.05) is 0 Å². The Hall–Kier alpha value is 0.623. The van der Waals surface area contributed by atoms with Crippen LogP contribution in [-0.2, 0) is 19.5 Å². The second-order valence-electron chi connectivity index (χ2n) is 3.07. The van der Waals surface area contributed by atoms with E-state index in [0.29, 0.717) is 0 Å². The molecule has 0 amide bonds. The molecule has 0 N–H and O–H groups in total. The van der Waals surface area contributed by atoms with Gasteiger partial charge < -0.3 is 12.8 Å². The predicted molar refractivity (Wildman–Crippen MR) is 47.6 cm³/mol. The SMILES string of the molecule is C[C@@H]1[CH-]CCCC1.C[CH-]C.[Zn+2]. The molecule has 0 radical (unpaired) electrons.